The summed E-state index contributed by atoms with van der Waals surface area (Å²) < 4.78 is 2.44. The molecule has 2 rings (SSSR count). The van der Waals surface area contributed by atoms with E-state index in [1.54, 1.807) is 25.7 Å². The third kappa shape index (κ3) is 9.73. The number of hydrogen-bond acceptors (Lipinski definition) is 0. The van der Waals surface area contributed by atoms with E-state index in [-0.39, 0.29) is 24.8 Å². The molecule has 0 radical (unpaired) electrons. The third-order valence-electron chi connectivity index (χ3n) is 2.19. The molecule has 0 spiro atoms. The minimum atomic E-state index is 0. The first-order valence-corrected chi connectivity index (χ1v) is 8.10. The van der Waals surface area contributed by atoms with Gasteiger partial charge in [-0.25, -0.2) is 0 Å². The fourth-order valence-electron chi connectivity index (χ4n) is 0.859. The molecule has 0 heterocycles. The molecule has 0 amide bonds. The molecule has 2 aliphatic rings. The monoisotopic (exact) mass is 236 g/mol. The maximum absolute atomic E-state index is 2.34. The first-order valence-electron chi connectivity index (χ1n) is 4.45. The van der Waals surface area contributed by atoms with Gasteiger partial charge in [-0.3, -0.25) is 0 Å². The summed E-state index contributed by atoms with van der Waals surface area (Å²) in [5.74, 6) is 4.69. The van der Waals surface area contributed by atoms with Crippen LogP contribution >= 0.6 is 0 Å². The largest absolute Gasteiger partial charge is 1.00 e. The van der Waals surface area contributed by atoms with E-state index in [1.807, 2.05) is 0 Å². The predicted octanol–water partition coefficient (Wildman–Crippen LogP) is -3.35. The van der Waals surface area contributed by atoms with Gasteiger partial charge in [-0.2, -0.15) is 0 Å². The fraction of sp³-hybridized carbons (Fsp3) is 1.00. The number of hydrogen-bond donors (Lipinski definition) is 0. The van der Waals surface area contributed by atoms with Crippen LogP contribution in [0.5, 0.6) is 0 Å². The van der Waals surface area contributed by atoms with Crippen LogP contribution in [-0.4, -0.2) is 30.4 Å². The zero-order chi connectivity index (χ0) is 7.40. The Morgan fingerprint density at radius 2 is 1.00 bits per heavy atom. The van der Waals surface area contributed by atoms with Crippen molar-refractivity contribution >= 4 is 30.4 Å². The normalized spacial score (nSPS) is 18.2. The van der Waals surface area contributed by atoms with Crippen molar-refractivity contribution in [3.05, 3.63) is 0 Å². The summed E-state index contributed by atoms with van der Waals surface area (Å²) in [5, 5.41) is 0. The predicted molar refractivity (Wildman–Crippen MR) is 49.2 cm³/mol. The molecular weight excluding hydrogens is 221 g/mol. The van der Waals surface area contributed by atoms with Gasteiger partial charge in [0, 0.05) is 0 Å². The summed E-state index contributed by atoms with van der Waals surface area (Å²) in [6.07, 6.45) is 6.19. The van der Waals surface area contributed by atoms with Crippen molar-refractivity contribution < 1.29 is 24.8 Å². The molecule has 2 saturated carbocycles. The van der Waals surface area contributed by atoms with Crippen molar-refractivity contribution in [3.63, 3.8) is 0 Å². The molecule has 68 valence electrons. The van der Waals surface area contributed by atoms with Gasteiger partial charge < -0.3 is 24.8 Å². The molecule has 2 aliphatic carbocycles. The van der Waals surface area contributed by atoms with Crippen LogP contribution in [0.2, 0.25) is 21.1 Å². The van der Waals surface area contributed by atoms with E-state index in [4.69, 9.17) is 0 Å². The Labute approximate surface area is 102 Å². The molecule has 4 heteroatoms. The van der Waals surface area contributed by atoms with Crippen LogP contribution in [0.15, 0.2) is 0 Å². The van der Waals surface area contributed by atoms with Crippen LogP contribution in [-0.2, 0) is 0 Å². The maximum Gasteiger partial charge on any atom is -1.00 e. The molecule has 0 unspecified atom stereocenters. The summed E-state index contributed by atoms with van der Waals surface area (Å²) in [5.41, 5.74) is 0. The van der Waals surface area contributed by atoms with Gasteiger partial charge in [0.1, 0.15) is 0 Å². The Morgan fingerprint density at radius 1 is 0.750 bits per heavy atom. The topological polar surface area (TPSA) is 0 Å². The van der Waals surface area contributed by atoms with Gasteiger partial charge in [-0.05, 0) is 0 Å². The van der Waals surface area contributed by atoms with Crippen molar-refractivity contribution in [2.75, 3.05) is 0 Å². The van der Waals surface area contributed by atoms with E-state index in [0.29, 0.717) is 0 Å². The van der Waals surface area contributed by atoms with Gasteiger partial charge in [-0.1, -0.05) is 0 Å². The van der Waals surface area contributed by atoms with E-state index >= 15 is 0 Å². The first-order chi connectivity index (χ1) is 4.86. The van der Waals surface area contributed by atoms with Crippen molar-refractivity contribution in [3.8, 4) is 0 Å². The average Bonchev–Trinajstić information content (AvgIpc) is 2.86. The summed E-state index contributed by atoms with van der Waals surface area (Å²) in [7, 11) is 0. The van der Waals surface area contributed by atoms with E-state index in [2.05, 4.69) is 11.6 Å². The second-order valence-corrected chi connectivity index (χ2v) is 6.56. The third-order valence-corrected chi connectivity index (χ3v) is 5.41. The van der Waals surface area contributed by atoms with Gasteiger partial charge in [0.15, 0.2) is 0 Å². The van der Waals surface area contributed by atoms with Crippen LogP contribution in [0, 0.1) is 0 Å². The van der Waals surface area contributed by atoms with Crippen molar-refractivity contribution in [2.24, 2.45) is 0 Å². The minimum absolute atomic E-state index is 0. The summed E-state index contributed by atoms with van der Waals surface area (Å²) in [6, 6.07) is 0. The molecule has 12 heavy (non-hydrogen) atoms. The quantitative estimate of drug-likeness (QED) is 0.440. The van der Waals surface area contributed by atoms with Crippen LogP contribution in [0.3, 0.4) is 0 Å². The fourth-order valence-corrected chi connectivity index (χ4v) is 2.58. The van der Waals surface area contributed by atoms with E-state index in [9.17, 15) is 0 Å². The average molecular weight is 237 g/mol. The van der Waals surface area contributed by atoms with Crippen molar-refractivity contribution in [1.29, 1.82) is 0 Å². The molecule has 0 aromatic carbocycles. The van der Waals surface area contributed by atoms with E-state index in [1.165, 1.54) is 9.56 Å². The van der Waals surface area contributed by atoms with Gasteiger partial charge in [0.25, 0.3) is 0 Å². The van der Waals surface area contributed by atoms with Crippen LogP contribution in [0.25, 0.3) is 0 Å². The van der Waals surface area contributed by atoms with Crippen molar-refractivity contribution in [2.45, 2.75) is 46.8 Å². The SMILES string of the molecule is [CH3][Al+][CH]1CC1.[CH3][Al+][CH]1CC1.[Cl-].[Cl-]. The molecule has 0 aromatic rings. The Bertz CT molecular complexity index is 81.1. The molecule has 0 saturated heterocycles. The van der Waals surface area contributed by atoms with Crippen molar-refractivity contribution in [1.82, 2.24) is 0 Å². The van der Waals surface area contributed by atoms with E-state index < -0.39 is 0 Å². The zero-order valence-electron chi connectivity index (χ0n) is 7.89. The Kier molecular flexibility index (Phi) is 12.3. The molecule has 0 atom stereocenters. The van der Waals surface area contributed by atoms with E-state index in [0.717, 1.165) is 30.4 Å². The Balaban J connectivity index is 0. The maximum atomic E-state index is 2.34. The number of halogens is 2. The standard InChI is InChI=1S/2C3H5.2CH3.2Al.2ClH/c2*1-2-3-1;;;;;;/h2*1H,2-3H2;2*1H3;;;2*1H/q;;;;2*+1;;/p-2. The minimum Gasteiger partial charge on any atom is -1.00 e. The van der Waals surface area contributed by atoms with Gasteiger partial charge >= 0.3 is 77.3 Å². The number of rotatable bonds is 2. The Morgan fingerprint density at radius 3 is 1.00 bits per heavy atom. The van der Waals surface area contributed by atoms with Crippen LogP contribution < -0.4 is 24.8 Å². The molecular formula is C8H16Al2Cl2. The molecule has 0 aliphatic heterocycles. The van der Waals surface area contributed by atoms with Gasteiger partial charge in [0.05, 0.1) is 0 Å². The molecule has 2 fully saturated rings. The second-order valence-electron chi connectivity index (χ2n) is 3.34. The summed E-state index contributed by atoms with van der Waals surface area (Å²) in [4.78, 5) is 0. The smallest absolute Gasteiger partial charge is 1.00 e. The summed E-state index contributed by atoms with van der Waals surface area (Å²) in [6.45, 7) is 0. The molecule has 0 N–H and O–H groups in total. The summed E-state index contributed by atoms with van der Waals surface area (Å²) >= 11 is 1.69. The van der Waals surface area contributed by atoms with Crippen LogP contribution in [0.4, 0.5) is 0 Å². The molecule has 0 aromatic heterocycles. The Hall–Kier alpha value is 1.64. The van der Waals surface area contributed by atoms with Gasteiger partial charge in [0.2, 0.25) is 0 Å². The zero-order valence-corrected chi connectivity index (χ0v) is 11.7. The first kappa shape index (κ1) is 16.1. The second kappa shape index (κ2) is 9.21. The van der Waals surface area contributed by atoms with Gasteiger partial charge in [-0.15, -0.1) is 0 Å². The molecule has 0 nitrogen and oxygen atoms in total. The molecule has 0 bridgehead atoms. The van der Waals surface area contributed by atoms with Crippen LogP contribution in [0.1, 0.15) is 25.7 Å².